The van der Waals surface area contributed by atoms with Crippen LogP contribution >= 0.6 is 0 Å². The maximum atomic E-state index is 12.7. The van der Waals surface area contributed by atoms with Crippen LogP contribution in [0.4, 0.5) is 5.69 Å². The van der Waals surface area contributed by atoms with Gasteiger partial charge in [-0.05, 0) is 74.8 Å². The lowest BCUT2D eigenvalue weighted by atomic mass is 9.79. The summed E-state index contributed by atoms with van der Waals surface area (Å²) < 4.78 is 12.1. The van der Waals surface area contributed by atoms with Crippen LogP contribution in [0, 0.1) is 6.92 Å². The van der Waals surface area contributed by atoms with Gasteiger partial charge in [0.05, 0.1) is 23.9 Å². The highest BCUT2D eigenvalue weighted by molar-refractivity contribution is 5.93. The standard InChI is InChI=1S/C25H26N2O4/c1-16-19-12-17-7-10-25(8-3-2-4-9-25)31-21(17)14-22(19)30-24(29)20(16)13-23(28)27-18-6-5-11-26-15-18/h5-6,11-12,14-15H,2-4,7-10,13H2,1H3,(H,27,28). The monoisotopic (exact) mass is 418 g/mol. The molecule has 1 fully saturated rings. The Morgan fingerprint density at radius 3 is 2.81 bits per heavy atom. The van der Waals surface area contributed by atoms with Crippen LogP contribution in [-0.4, -0.2) is 16.5 Å². The van der Waals surface area contributed by atoms with Crippen LogP contribution in [0.3, 0.4) is 0 Å². The van der Waals surface area contributed by atoms with Crippen LogP contribution in [0.5, 0.6) is 5.75 Å². The second-order valence-electron chi connectivity index (χ2n) is 8.76. The van der Waals surface area contributed by atoms with E-state index in [1.807, 2.05) is 13.0 Å². The van der Waals surface area contributed by atoms with E-state index in [1.165, 1.54) is 19.3 Å². The van der Waals surface area contributed by atoms with Crippen molar-refractivity contribution in [3.05, 3.63) is 63.8 Å². The van der Waals surface area contributed by atoms with Crippen LogP contribution in [0.2, 0.25) is 0 Å². The molecular formula is C25H26N2O4. The molecule has 1 aromatic carbocycles. The van der Waals surface area contributed by atoms with Gasteiger partial charge in [-0.15, -0.1) is 0 Å². The minimum absolute atomic E-state index is 0.0459. The molecule has 1 amide bonds. The number of ether oxygens (including phenoxy) is 1. The molecular weight excluding hydrogens is 392 g/mol. The number of hydrogen-bond donors (Lipinski definition) is 1. The number of benzene rings is 1. The molecule has 0 atom stereocenters. The Kier molecular flexibility index (Phi) is 5.00. The van der Waals surface area contributed by atoms with Gasteiger partial charge in [-0.1, -0.05) is 6.42 Å². The SMILES string of the molecule is Cc1c(CC(=O)Nc2cccnc2)c(=O)oc2cc3c(cc12)CCC1(CCCCC1)O3. The van der Waals surface area contributed by atoms with Gasteiger partial charge in [0.1, 0.15) is 16.9 Å². The molecule has 0 radical (unpaired) electrons. The highest BCUT2D eigenvalue weighted by Crippen LogP contribution is 2.43. The minimum Gasteiger partial charge on any atom is -0.487 e. The van der Waals surface area contributed by atoms with Gasteiger partial charge in [0.2, 0.25) is 5.91 Å². The Morgan fingerprint density at radius 1 is 1.19 bits per heavy atom. The Labute approximate surface area is 180 Å². The summed E-state index contributed by atoms with van der Waals surface area (Å²) in [6, 6.07) is 7.44. The van der Waals surface area contributed by atoms with Crippen LogP contribution < -0.4 is 15.7 Å². The average Bonchev–Trinajstić information content (AvgIpc) is 2.77. The summed E-state index contributed by atoms with van der Waals surface area (Å²) in [5.74, 6) is 0.563. The lowest BCUT2D eigenvalue weighted by Gasteiger charge is -2.41. The molecule has 0 saturated heterocycles. The van der Waals surface area contributed by atoms with E-state index in [0.717, 1.165) is 47.9 Å². The van der Waals surface area contributed by atoms with Crippen molar-refractivity contribution < 1.29 is 13.9 Å². The van der Waals surface area contributed by atoms with Crippen LogP contribution in [0.25, 0.3) is 11.0 Å². The zero-order valence-electron chi connectivity index (χ0n) is 17.7. The maximum absolute atomic E-state index is 12.7. The summed E-state index contributed by atoms with van der Waals surface area (Å²) >= 11 is 0. The number of amides is 1. The number of aromatic nitrogens is 1. The molecule has 3 heterocycles. The van der Waals surface area contributed by atoms with Gasteiger partial charge in [0, 0.05) is 17.6 Å². The number of fused-ring (bicyclic) bond motifs is 2. The van der Waals surface area contributed by atoms with Gasteiger partial charge < -0.3 is 14.5 Å². The first kappa shape index (κ1) is 19.8. The Bertz CT molecular complexity index is 1190. The second kappa shape index (κ2) is 7.84. The smallest absolute Gasteiger partial charge is 0.340 e. The van der Waals surface area contributed by atoms with E-state index < -0.39 is 5.63 Å². The zero-order chi connectivity index (χ0) is 21.4. The Morgan fingerprint density at radius 2 is 2.03 bits per heavy atom. The number of pyridine rings is 1. The lowest BCUT2D eigenvalue weighted by Crippen LogP contribution is -2.41. The highest BCUT2D eigenvalue weighted by Gasteiger charge is 2.37. The predicted octanol–water partition coefficient (Wildman–Crippen LogP) is 4.71. The molecule has 160 valence electrons. The second-order valence-corrected chi connectivity index (χ2v) is 8.76. The first-order chi connectivity index (χ1) is 15.0. The molecule has 1 saturated carbocycles. The zero-order valence-corrected chi connectivity index (χ0v) is 17.7. The van der Waals surface area contributed by atoms with Crippen molar-refractivity contribution in [3.63, 3.8) is 0 Å². The molecule has 5 rings (SSSR count). The Hall–Kier alpha value is -3.15. The predicted molar refractivity (Wildman–Crippen MR) is 119 cm³/mol. The maximum Gasteiger partial charge on any atom is 0.340 e. The van der Waals surface area contributed by atoms with E-state index >= 15 is 0 Å². The molecule has 2 aliphatic rings. The number of hydrogen-bond acceptors (Lipinski definition) is 5. The van der Waals surface area contributed by atoms with E-state index in [-0.39, 0.29) is 17.9 Å². The van der Waals surface area contributed by atoms with Gasteiger partial charge >= 0.3 is 5.63 Å². The summed E-state index contributed by atoms with van der Waals surface area (Å²) in [7, 11) is 0. The summed E-state index contributed by atoms with van der Waals surface area (Å²) in [5, 5.41) is 3.64. The van der Waals surface area contributed by atoms with Crippen molar-refractivity contribution >= 4 is 22.6 Å². The van der Waals surface area contributed by atoms with Crippen LogP contribution in [-0.2, 0) is 17.6 Å². The van der Waals surface area contributed by atoms with Crippen molar-refractivity contribution in [3.8, 4) is 5.75 Å². The quantitative estimate of drug-likeness (QED) is 0.623. The summed E-state index contributed by atoms with van der Waals surface area (Å²) in [6.07, 6.45) is 11.0. The summed E-state index contributed by atoms with van der Waals surface area (Å²) in [5.41, 5.74) is 2.89. The molecule has 1 spiro atoms. The summed E-state index contributed by atoms with van der Waals surface area (Å²) in [4.78, 5) is 29.2. The molecule has 0 unspecified atom stereocenters. The Balaban J connectivity index is 1.45. The highest BCUT2D eigenvalue weighted by atomic mass is 16.5. The first-order valence-corrected chi connectivity index (χ1v) is 11.0. The van der Waals surface area contributed by atoms with E-state index in [2.05, 4.69) is 16.4 Å². The van der Waals surface area contributed by atoms with Crippen LogP contribution in [0.15, 0.2) is 45.9 Å². The normalized spacial score (nSPS) is 17.2. The van der Waals surface area contributed by atoms with E-state index in [1.54, 1.807) is 24.5 Å². The fourth-order valence-electron chi connectivity index (χ4n) is 4.95. The molecule has 0 bridgehead atoms. The van der Waals surface area contributed by atoms with Gasteiger partial charge in [0.25, 0.3) is 0 Å². The van der Waals surface area contributed by atoms with Gasteiger partial charge in [-0.25, -0.2) is 4.79 Å². The molecule has 6 heteroatoms. The third kappa shape index (κ3) is 3.82. The average molecular weight is 418 g/mol. The fraction of sp³-hybridized carbons (Fsp3) is 0.400. The number of carbonyl (C=O) groups is 1. The van der Waals surface area contributed by atoms with Crippen molar-refractivity contribution in [2.75, 3.05) is 5.32 Å². The minimum atomic E-state index is -0.477. The van der Waals surface area contributed by atoms with Crippen LogP contribution in [0.1, 0.15) is 55.2 Å². The number of anilines is 1. The largest absolute Gasteiger partial charge is 0.487 e. The van der Waals surface area contributed by atoms with E-state index in [4.69, 9.17) is 9.15 Å². The number of aryl methyl sites for hydroxylation is 2. The molecule has 1 aliphatic heterocycles. The lowest BCUT2D eigenvalue weighted by molar-refractivity contribution is -0.115. The number of nitrogens with zero attached hydrogens (tertiary/aromatic N) is 1. The van der Waals surface area contributed by atoms with Crippen molar-refractivity contribution in [2.24, 2.45) is 0 Å². The van der Waals surface area contributed by atoms with Gasteiger partial charge in [-0.2, -0.15) is 0 Å². The van der Waals surface area contributed by atoms with E-state index in [0.29, 0.717) is 16.8 Å². The molecule has 31 heavy (non-hydrogen) atoms. The molecule has 6 nitrogen and oxygen atoms in total. The molecule has 1 N–H and O–H groups in total. The third-order valence-electron chi connectivity index (χ3n) is 6.69. The van der Waals surface area contributed by atoms with Crippen molar-refractivity contribution in [1.29, 1.82) is 0 Å². The van der Waals surface area contributed by atoms with Crippen molar-refractivity contribution in [2.45, 2.75) is 63.9 Å². The van der Waals surface area contributed by atoms with Crippen molar-refractivity contribution in [1.82, 2.24) is 4.98 Å². The number of nitrogens with one attached hydrogen (secondary N) is 1. The first-order valence-electron chi connectivity index (χ1n) is 11.0. The number of carbonyl (C=O) groups excluding carboxylic acids is 1. The molecule has 2 aromatic heterocycles. The number of rotatable bonds is 3. The summed E-state index contributed by atoms with van der Waals surface area (Å²) in [6.45, 7) is 1.88. The fourth-order valence-corrected chi connectivity index (χ4v) is 4.95. The third-order valence-corrected chi connectivity index (χ3v) is 6.69. The molecule has 3 aromatic rings. The molecule has 1 aliphatic carbocycles. The van der Waals surface area contributed by atoms with Gasteiger partial charge in [-0.3, -0.25) is 9.78 Å². The van der Waals surface area contributed by atoms with E-state index in [9.17, 15) is 9.59 Å². The van der Waals surface area contributed by atoms with Gasteiger partial charge in [0.15, 0.2) is 0 Å². The topological polar surface area (TPSA) is 81.4 Å².